The number of carbonyl (C=O) groups is 1. The number of likely N-dealkylation sites (tertiary alicyclic amines) is 1. The Hall–Kier alpha value is -1.75. The van der Waals surface area contributed by atoms with Gasteiger partial charge in [0.25, 0.3) is 0 Å². The van der Waals surface area contributed by atoms with E-state index in [9.17, 15) is 4.79 Å². The van der Waals surface area contributed by atoms with Crippen LogP contribution in [-0.2, 0) is 11.2 Å². The maximum Gasteiger partial charge on any atom is 0.227 e. The van der Waals surface area contributed by atoms with Crippen molar-refractivity contribution in [2.75, 3.05) is 13.1 Å². The van der Waals surface area contributed by atoms with Crippen LogP contribution in [0, 0.1) is 0 Å². The summed E-state index contributed by atoms with van der Waals surface area (Å²) in [6.07, 6.45) is 6.13. The van der Waals surface area contributed by atoms with Crippen molar-refractivity contribution in [3.05, 3.63) is 46.2 Å². The zero-order chi connectivity index (χ0) is 16.2. The number of amides is 1. The molecule has 0 saturated carbocycles. The van der Waals surface area contributed by atoms with Gasteiger partial charge in [-0.2, -0.15) is 0 Å². The van der Waals surface area contributed by atoms with E-state index in [1.807, 2.05) is 17.0 Å². The van der Waals surface area contributed by atoms with Crippen molar-refractivity contribution >= 4 is 17.2 Å². The van der Waals surface area contributed by atoms with Crippen LogP contribution in [0.1, 0.15) is 54.8 Å². The van der Waals surface area contributed by atoms with Gasteiger partial charge in [-0.3, -0.25) is 9.78 Å². The van der Waals surface area contributed by atoms with Crippen molar-refractivity contribution < 1.29 is 4.79 Å². The summed E-state index contributed by atoms with van der Waals surface area (Å²) in [5, 5.41) is 3.35. The third kappa shape index (κ3) is 3.96. The van der Waals surface area contributed by atoms with E-state index in [2.05, 4.69) is 24.2 Å². The van der Waals surface area contributed by atoms with Crippen molar-refractivity contribution in [3.63, 3.8) is 0 Å². The maximum absolute atomic E-state index is 12.5. The SMILES string of the molecule is CC(C)c1csc(C2CCCN(C(=O)Cc3cccnc3)C2)n1. The molecule has 0 N–H and O–H groups in total. The van der Waals surface area contributed by atoms with Crippen molar-refractivity contribution in [1.29, 1.82) is 0 Å². The molecule has 0 aromatic carbocycles. The fraction of sp³-hybridized carbons (Fsp3) is 0.500. The van der Waals surface area contributed by atoms with Crippen LogP contribution < -0.4 is 0 Å². The van der Waals surface area contributed by atoms with Crippen LogP contribution in [0.15, 0.2) is 29.9 Å². The van der Waals surface area contributed by atoms with Gasteiger partial charge in [0.1, 0.15) is 0 Å². The van der Waals surface area contributed by atoms with Crippen LogP contribution in [0.2, 0.25) is 0 Å². The van der Waals surface area contributed by atoms with Gasteiger partial charge in [-0.15, -0.1) is 11.3 Å². The van der Waals surface area contributed by atoms with E-state index in [0.717, 1.165) is 31.5 Å². The molecule has 1 saturated heterocycles. The summed E-state index contributed by atoms with van der Waals surface area (Å²) in [5.74, 6) is 1.05. The van der Waals surface area contributed by atoms with Crippen LogP contribution >= 0.6 is 11.3 Å². The molecule has 0 radical (unpaired) electrons. The number of rotatable bonds is 4. The van der Waals surface area contributed by atoms with Crippen molar-refractivity contribution in [1.82, 2.24) is 14.9 Å². The van der Waals surface area contributed by atoms with Crippen LogP contribution in [0.3, 0.4) is 0 Å². The Morgan fingerprint density at radius 2 is 2.35 bits per heavy atom. The Morgan fingerprint density at radius 3 is 3.04 bits per heavy atom. The molecule has 122 valence electrons. The molecule has 2 aromatic rings. The highest BCUT2D eigenvalue weighted by molar-refractivity contribution is 7.09. The van der Waals surface area contributed by atoms with E-state index >= 15 is 0 Å². The highest BCUT2D eigenvalue weighted by atomic mass is 32.1. The molecular formula is C18H23N3OS. The Balaban J connectivity index is 1.64. The van der Waals surface area contributed by atoms with Crippen LogP contribution in [0.25, 0.3) is 0 Å². The lowest BCUT2D eigenvalue weighted by atomic mass is 9.98. The van der Waals surface area contributed by atoms with Crippen molar-refractivity contribution in [2.45, 2.75) is 44.9 Å². The summed E-state index contributed by atoms with van der Waals surface area (Å²) in [4.78, 5) is 23.4. The van der Waals surface area contributed by atoms with E-state index in [-0.39, 0.29) is 5.91 Å². The number of aromatic nitrogens is 2. The lowest BCUT2D eigenvalue weighted by Gasteiger charge is -2.32. The van der Waals surface area contributed by atoms with Gasteiger partial charge in [-0.1, -0.05) is 19.9 Å². The molecular weight excluding hydrogens is 306 g/mol. The number of hydrogen-bond donors (Lipinski definition) is 0. The molecule has 1 aliphatic rings. The fourth-order valence-electron chi connectivity index (χ4n) is 2.95. The van der Waals surface area contributed by atoms with Gasteiger partial charge in [0, 0.05) is 36.8 Å². The van der Waals surface area contributed by atoms with E-state index in [0.29, 0.717) is 18.3 Å². The molecule has 1 unspecified atom stereocenters. The van der Waals surface area contributed by atoms with Crippen LogP contribution in [-0.4, -0.2) is 33.9 Å². The molecule has 23 heavy (non-hydrogen) atoms. The number of nitrogens with zero attached hydrogens (tertiary/aromatic N) is 3. The first-order chi connectivity index (χ1) is 11.1. The van der Waals surface area contributed by atoms with Gasteiger partial charge < -0.3 is 4.90 Å². The summed E-state index contributed by atoms with van der Waals surface area (Å²) in [6, 6.07) is 3.84. The molecule has 0 aliphatic carbocycles. The minimum atomic E-state index is 0.198. The number of piperidine rings is 1. The molecule has 4 nitrogen and oxygen atoms in total. The molecule has 0 bridgehead atoms. The Kier molecular flexibility index (Phi) is 5.06. The van der Waals surface area contributed by atoms with Crippen LogP contribution in [0.4, 0.5) is 0 Å². The zero-order valence-electron chi connectivity index (χ0n) is 13.7. The average molecular weight is 329 g/mol. The van der Waals surface area contributed by atoms with Gasteiger partial charge in [0.2, 0.25) is 5.91 Å². The second kappa shape index (κ2) is 7.21. The molecule has 2 aromatic heterocycles. The smallest absolute Gasteiger partial charge is 0.227 e. The van der Waals surface area contributed by atoms with E-state index in [4.69, 9.17) is 4.98 Å². The molecule has 0 spiro atoms. The standard InChI is InChI=1S/C18H23N3OS/c1-13(2)16-12-23-18(20-16)15-6-4-8-21(11-15)17(22)9-14-5-3-7-19-10-14/h3,5,7,10,12-13,15H,4,6,8-9,11H2,1-2H3. The minimum Gasteiger partial charge on any atom is -0.342 e. The van der Waals surface area contributed by atoms with Gasteiger partial charge >= 0.3 is 0 Å². The van der Waals surface area contributed by atoms with Crippen molar-refractivity contribution in [2.24, 2.45) is 0 Å². The maximum atomic E-state index is 12.5. The first-order valence-corrected chi connectivity index (χ1v) is 9.13. The van der Waals surface area contributed by atoms with Gasteiger partial charge in [0.05, 0.1) is 17.1 Å². The lowest BCUT2D eigenvalue weighted by molar-refractivity contribution is -0.131. The quantitative estimate of drug-likeness (QED) is 0.861. The zero-order valence-corrected chi connectivity index (χ0v) is 14.6. The van der Waals surface area contributed by atoms with Crippen molar-refractivity contribution in [3.8, 4) is 0 Å². The topological polar surface area (TPSA) is 46.1 Å². The molecule has 1 aliphatic heterocycles. The molecule has 1 amide bonds. The number of thiazole rings is 1. The molecule has 1 fully saturated rings. The van der Waals surface area contributed by atoms with E-state index in [1.54, 1.807) is 23.7 Å². The van der Waals surface area contributed by atoms with Gasteiger partial charge in [-0.25, -0.2) is 4.98 Å². The molecule has 5 heteroatoms. The monoisotopic (exact) mass is 329 g/mol. The Labute approximate surface area is 141 Å². The summed E-state index contributed by atoms with van der Waals surface area (Å²) < 4.78 is 0. The second-order valence-corrected chi connectivity index (χ2v) is 7.37. The second-order valence-electron chi connectivity index (χ2n) is 6.48. The summed E-state index contributed by atoms with van der Waals surface area (Å²) in [6.45, 7) is 6.00. The summed E-state index contributed by atoms with van der Waals surface area (Å²) in [7, 11) is 0. The van der Waals surface area contributed by atoms with E-state index < -0.39 is 0 Å². The summed E-state index contributed by atoms with van der Waals surface area (Å²) in [5.41, 5.74) is 2.15. The third-order valence-electron chi connectivity index (χ3n) is 4.33. The number of hydrogen-bond acceptors (Lipinski definition) is 4. The minimum absolute atomic E-state index is 0.198. The van der Waals surface area contributed by atoms with Gasteiger partial charge in [-0.05, 0) is 30.4 Å². The normalized spacial score (nSPS) is 18.4. The average Bonchev–Trinajstić information content (AvgIpc) is 3.06. The third-order valence-corrected chi connectivity index (χ3v) is 5.36. The predicted molar refractivity (Wildman–Crippen MR) is 92.7 cm³/mol. The highest BCUT2D eigenvalue weighted by Gasteiger charge is 2.26. The van der Waals surface area contributed by atoms with Crippen LogP contribution in [0.5, 0.6) is 0 Å². The molecule has 3 rings (SSSR count). The highest BCUT2D eigenvalue weighted by Crippen LogP contribution is 2.31. The number of carbonyl (C=O) groups excluding carboxylic acids is 1. The Morgan fingerprint density at radius 1 is 1.48 bits per heavy atom. The first kappa shape index (κ1) is 16.1. The van der Waals surface area contributed by atoms with E-state index in [1.165, 1.54) is 10.7 Å². The fourth-order valence-corrected chi connectivity index (χ4v) is 4.06. The lowest BCUT2D eigenvalue weighted by Crippen LogP contribution is -2.39. The molecule has 3 heterocycles. The largest absolute Gasteiger partial charge is 0.342 e. The summed E-state index contributed by atoms with van der Waals surface area (Å²) >= 11 is 1.74. The number of pyridine rings is 1. The molecule has 1 atom stereocenters. The first-order valence-electron chi connectivity index (χ1n) is 8.25. The van der Waals surface area contributed by atoms with Gasteiger partial charge in [0.15, 0.2) is 0 Å². The Bertz CT molecular complexity index is 653. The predicted octanol–water partition coefficient (Wildman–Crippen LogP) is 3.61.